The van der Waals surface area contributed by atoms with Crippen LogP contribution in [0.5, 0.6) is 0 Å². The van der Waals surface area contributed by atoms with Crippen molar-refractivity contribution in [3.05, 3.63) is 59.9 Å². The molecule has 1 N–H and O–H groups in total. The number of carbonyl (C=O) groups excluding carboxylic acids is 1. The minimum absolute atomic E-state index is 0.0910. The van der Waals surface area contributed by atoms with Crippen LogP contribution < -0.4 is 5.32 Å². The molecule has 3 aromatic rings. The third-order valence-corrected chi connectivity index (χ3v) is 4.76. The van der Waals surface area contributed by atoms with Gasteiger partial charge in [-0.3, -0.25) is 4.79 Å². The summed E-state index contributed by atoms with van der Waals surface area (Å²) in [6.45, 7) is 0. The Balaban J connectivity index is 1.37. The molecule has 0 unspecified atom stereocenters. The van der Waals surface area contributed by atoms with Gasteiger partial charge in [-0.15, -0.1) is 0 Å². The smallest absolute Gasteiger partial charge is 0.238 e. The van der Waals surface area contributed by atoms with Crippen LogP contribution >= 0.6 is 0 Å². The number of carbonyl (C=O) groups is 1. The second kappa shape index (κ2) is 6.74. The van der Waals surface area contributed by atoms with Crippen molar-refractivity contribution >= 4 is 5.91 Å². The van der Waals surface area contributed by atoms with Crippen molar-refractivity contribution in [3.63, 3.8) is 0 Å². The van der Waals surface area contributed by atoms with Crippen molar-refractivity contribution in [2.45, 2.75) is 37.6 Å². The Labute approximate surface area is 149 Å². The Morgan fingerprint density at radius 3 is 2.69 bits per heavy atom. The minimum Gasteiger partial charge on any atom is -0.461 e. The number of aryl methyl sites for hydroxylation is 1. The molecule has 0 atom stereocenters. The molecule has 0 bridgehead atoms. The van der Waals surface area contributed by atoms with Gasteiger partial charge in [0, 0.05) is 12.8 Å². The highest BCUT2D eigenvalue weighted by Gasteiger charge is 2.39. The van der Waals surface area contributed by atoms with Crippen LogP contribution in [0.2, 0.25) is 0 Å². The molecule has 1 amide bonds. The summed E-state index contributed by atoms with van der Waals surface area (Å²) in [5.41, 5.74) is 0.551. The number of hydrogen-bond acceptors (Lipinski definition) is 5. The maximum Gasteiger partial charge on any atom is 0.238 e. The molecule has 26 heavy (non-hydrogen) atoms. The molecule has 2 aromatic heterocycles. The van der Waals surface area contributed by atoms with Gasteiger partial charge in [0.2, 0.25) is 17.6 Å². The second-order valence-corrected chi connectivity index (χ2v) is 6.48. The highest BCUT2D eigenvalue weighted by molar-refractivity contribution is 5.77. The van der Waals surface area contributed by atoms with Crippen molar-refractivity contribution in [1.82, 2.24) is 15.5 Å². The number of aromatic nitrogens is 2. The van der Waals surface area contributed by atoms with Gasteiger partial charge in [-0.05, 0) is 49.1 Å². The Bertz CT molecular complexity index is 883. The third-order valence-electron chi connectivity index (χ3n) is 4.76. The molecule has 1 aliphatic carbocycles. The van der Waals surface area contributed by atoms with E-state index in [1.54, 1.807) is 24.3 Å². The monoisotopic (exact) mass is 355 g/mol. The van der Waals surface area contributed by atoms with Gasteiger partial charge < -0.3 is 14.3 Å². The zero-order valence-electron chi connectivity index (χ0n) is 14.1. The van der Waals surface area contributed by atoms with Gasteiger partial charge in [-0.1, -0.05) is 17.3 Å². The van der Waals surface area contributed by atoms with E-state index in [0.29, 0.717) is 23.9 Å². The van der Waals surface area contributed by atoms with E-state index in [1.165, 1.54) is 18.4 Å². The molecule has 0 radical (unpaired) electrons. The maximum absolute atomic E-state index is 13.2. The van der Waals surface area contributed by atoms with E-state index < -0.39 is 0 Å². The molecule has 0 saturated heterocycles. The highest BCUT2D eigenvalue weighted by atomic mass is 19.1. The van der Waals surface area contributed by atoms with Gasteiger partial charge in [0.25, 0.3) is 0 Å². The fourth-order valence-corrected chi connectivity index (χ4v) is 3.20. The van der Waals surface area contributed by atoms with E-state index >= 15 is 0 Å². The Hall–Kier alpha value is -2.96. The zero-order chi connectivity index (χ0) is 18.0. The largest absolute Gasteiger partial charge is 0.461 e. The van der Waals surface area contributed by atoms with E-state index in [2.05, 4.69) is 15.5 Å². The fraction of sp³-hybridized carbons (Fsp3) is 0.316. The molecule has 1 aromatic carbocycles. The molecule has 7 heteroatoms. The highest BCUT2D eigenvalue weighted by Crippen LogP contribution is 2.41. The average Bonchev–Trinajstić information content (AvgIpc) is 3.28. The lowest BCUT2D eigenvalue weighted by Crippen LogP contribution is -2.50. The molecule has 4 rings (SSSR count). The molecule has 0 spiro atoms. The third kappa shape index (κ3) is 3.24. The second-order valence-electron chi connectivity index (χ2n) is 6.48. The fourth-order valence-electron chi connectivity index (χ4n) is 3.20. The van der Waals surface area contributed by atoms with Gasteiger partial charge >= 0.3 is 0 Å². The number of rotatable bonds is 6. The van der Waals surface area contributed by atoms with Crippen molar-refractivity contribution in [3.8, 4) is 11.6 Å². The van der Waals surface area contributed by atoms with Crippen LogP contribution in [0.1, 0.15) is 37.1 Å². The van der Waals surface area contributed by atoms with Crippen LogP contribution in [0.25, 0.3) is 11.6 Å². The number of amides is 1. The topological polar surface area (TPSA) is 81.2 Å². The first-order valence-corrected chi connectivity index (χ1v) is 8.58. The van der Waals surface area contributed by atoms with Crippen molar-refractivity contribution in [1.29, 1.82) is 0 Å². The lowest BCUT2D eigenvalue weighted by Gasteiger charge is -2.43. The Kier molecular flexibility index (Phi) is 4.28. The summed E-state index contributed by atoms with van der Waals surface area (Å²) in [4.78, 5) is 16.6. The lowest BCUT2D eigenvalue weighted by atomic mass is 9.71. The average molecular weight is 355 g/mol. The van der Waals surface area contributed by atoms with Gasteiger partial charge in [-0.2, -0.15) is 4.98 Å². The minimum atomic E-state index is -0.390. The summed E-state index contributed by atoms with van der Waals surface area (Å²) in [6, 6.07) is 9.81. The van der Waals surface area contributed by atoms with E-state index in [1.807, 2.05) is 0 Å². The molecule has 1 fully saturated rings. The summed E-state index contributed by atoms with van der Waals surface area (Å²) in [5.74, 6) is 0.905. The Morgan fingerprint density at radius 2 is 2.04 bits per heavy atom. The van der Waals surface area contributed by atoms with Crippen LogP contribution in [0.3, 0.4) is 0 Å². The molecule has 1 saturated carbocycles. The number of nitrogens with one attached hydrogen (secondary N) is 1. The normalized spacial score (nSPS) is 15.4. The quantitative estimate of drug-likeness (QED) is 0.731. The van der Waals surface area contributed by atoms with E-state index in [-0.39, 0.29) is 23.7 Å². The summed E-state index contributed by atoms with van der Waals surface area (Å²) >= 11 is 0. The standard InChI is InChI=1S/C19H18FN3O3/c20-14-6-4-13(5-7-14)19(10-2-11-19)22-16(24)8-9-17-21-18(23-26-17)15-3-1-12-25-15/h1,3-7,12H,2,8-11H2,(H,22,24). The number of benzene rings is 1. The van der Waals surface area contributed by atoms with E-state index in [9.17, 15) is 9.18 Å². The number of hydrogen-bond donors (Lipinski definition) is 1. The van der Waals surface area contributed by atoms with Crippen LogP contribution in [0.4, 0.5) is 4.39 Å². The van der Waals surface area contributed by atoms with Crippen LogP contribution in [0.15, 0.2) is 51.6 Å². The predicted octanol–water partition coefficient (Wildman–Crippen LogP) is 3.60. The summed E-state index contributed by atoms with van der Waals surface area (Å²) < 4.78 is 23.5. The van der Waals surface area contributed by atoms with Crippen molar-refractivity contribution in [2.24, 2.45) is 0 Å². The molecular formula is C19H18FN3O3. The molecule has 1 aliphatic rings. The van der Waals surface area contributed by atoms with Crippen molar-refractivity contribution in [2.75, 3.05) is 0 Å². The zero-order valence-corrected chi connectivity index (χ0v) is 14.1. The number of halogens is 1. The van der Waals surface area contributed by atoms with E-state index in [4.69, 9.17) is 8.94 Å². The number of furan rings is 1. The SMILES string of the molecule is O=C(CCc1nc(-c2ccco2)no1)NC1(c2ccc(F)cc2)CCC1. The van der Waals surface area contributed by atoms with Crippen LogP contribution in [-0.4, -0.2) is 16.0 Å². The summed E-state index contributed by atoms with van der Waals surface area (Å²) in [6.07, 6.45) is 4.86. The first kappa shape index (κ1) is 16.5. The molecule has 2 heterocycles. The molecule has 0 aliphatic heterocycles. The molecule has 134 valence electrons. The number of nitrogens with zero attached hydrogens (tertiary/aromatic N) is 2. The summed E-state index contributed by atoms with van der Waals surface area (Å²) in [7, 11) is 0. The van der Waals surface area contributed by atoms with E-state index in [0.717, 1.165) is 24.8 Å². The van der Waals surface area contributed by atoms with Gasteiger partial charge in [-0.25, -0.2) is 4.39 Å². The van der Waals surface area contributed by atoms with Gasteiger partial charge in [0.05, 0.1) is 11.8 Å². The predicted molar refractivity (Wildman–Crippen MR) is 90.4 cm³/mol. The first-order chi connectivity index (χ1) is 12.6. The Morgan fingerprint density at radius 1 is 1.23 bits per heavy atom. The van der Waals surface area contributed by atoms with Crippen LogP contribution in [0, 0.1) is 5.82 Å². The first-order valence-electron chi connectivity index (χ1n) is 8.58. The van der Waals surface area contributed by atoms with Crippen LogP contribution in [-0.2, 0) is 16.8 Å². The van der Waals surface area contributed by atoms with Gasteiger partial charge in [0.1, 0.15) is 5.82 Å². The lowest BCUT2D eigenvalue weighted by molar-refractivity contribution is -0.124. The molecule has 6 nitrogen and oxygen atoms in total. The maximum atomic E-state index is 13.2. The van der Waals surface area contributed by atoms with Gasteiger partial charge in [0.15, 0.2) is 5.76 Å². The summed E-state index contributed by atoms with van der Waals surface area (Å²) in [5, 5.41) is 6.95. The molecular weight excluding hydrogens is 337 g/mol. The van der Waals surface area contributed by atoms with Crippen molar-refractivity contribution < 1.29 is 18.1 Å².